The van der Waals surface area contributed by atoms with Crippen LogP contribution in [0.3, 0.4) is 0 Å². The molecule has 0 aromatic rings. The molecule has 0 aliphatic carbocycles. The highest BCUT2D eigenvalue weighted by Crippen LogP contribution is 2.07. The number of ketones is 1. The predicted molar refractivity (Wildman–Crippen MR) is 88.7 cm³/mol. The molecule has 124 valence electrons. The van der Waals surface area contributed by atoms with Gasteiger partial charge >= 0.3 is 5.97 Å². The Morgan fingerprint density at radius 2 is 1.50 bits per heavy atom. The zero-order chi connectivity index (χ0) is 16.6. The molecule has 0 bridgehead atoms. The number of hydrogen-bond donors (Lipinski definition) is 2. The summed E-state index contributed by atoms with van der Waals surface area (Å²) in [6, 6.07) is 0. The highest BCUT2D eigenvalue weighted by molar-refractivity contribution is 5.89. The van der Waals surface area contributed by atoms with Gasteiger partial charge in [0.1, 0.15) is 0 Å². The van der Waals surface area contributed by atoms with Gasteiger partial charge in [0.15, 0.2) is 5.78 Å². The molecule has 0 aliphatic heterocycles. The summed E-state index contributed by atoms with van der Waals surface area (Å²) < 4.78 is 0. The van der Waals surface area contributed by atoms with Gasteiger partial charge in [-0.2, -0.15) is 0 Å². The first-order valence-corrected chi connectivity index (χ1v) is 8.00. The molecule has 0 saturated heterocycles. The number of allylic oxidation sites excluding steroid dienone is 5. The number of aliphatic hydroxyl groups is 1. The fraction of sp³-hybridized carbons (Fsp3) is 0.556. The summed E-state index contributed by atoms with van der Waals surface area (Å²) in [4.78, 5) is 21.9. The van der Waals surface area contributed by atoms with Crippen LogP contribution in [0.5, 0.6) is 0 Å². The number of unbranched alkanes of at least 4 members (excludes halogenated alkanes) is 4. The van der Waals surface area contributed by atoms with E-state index in [1.54, 1.807) is 36.5 Å². The summed E-state index contributed by atoms with van der Waals surface area (Å²) in [6.45, 7) is 1.91. The number of carboxylic acids is 1. The van der Waals surface area contributed by atoms with Crippen LogP contribution in [0.4, 0.5) is 0 Å². The molecule has 0 heterocycles. The van der Waals surface area contributed by atoms with Crippen LogP contribution >= 0.6 is 0 Å². The van der Waals surface area contributed by atoms with Crippen LogP contribution in [0.15, 0.2) is 36.5 Å². The topological polar surface area (TPSA) is 74.6 Å². The molecule has 0 saturated carbocycles. The minimum atomic E-state index is -0.743. The average Bonchev–Trinajstić information content (AvgIpc) is 2.49. The fourth-order valence-electron chi connectivity index (χ4n) is 1.81. The van der Waals surface area contributed by atoms with Crippen LogP contribution in [-0.4, -0.2) is 28.1 Å². The summed E-state index contributed by atoms with van der Waals surface area (Å²) in [5, 5.41) is 17.8. The largest absolute Gasteiger partial charge is 0.481 e. The smallest absolute Gasteiger partial charge is 0.303 e. The van der Waals surface area contributed by atoms with E-state index in [-0.39, 0.29) is 12.2 Å². The lowest BCUT2D eigenvalue weighted by Gasteiger charge is -1.98. The van der Waals surface area contributed by atoms with Crippen molar-refractivity contribution in [1.82, 2.24) is 0 Å². The standard InChI is InChI=1S/C18H28O4/c1-2-16(19)12-8-6-7-10-14-17(20)13-9-4-3-5-11-15-18(21)22/h6-8,10,12,14,16,19H,2-5,9,11,13,15H2,1H3,(H,21,22)/t16-/m1/s1. The van der Waals surface area contributed by atoms with Crippen molar-refractivity contribution in [3.8, 4) is 0 Å². The lowest BCUT2D eigenvalue weighted by atomic mass is 10.1. The maximum Gasteiger partial charge on any atom is 0.303 e. The summed E-state index contributed by atoms with van der Waals surface area (Å²) in [7, 11) is 0. The maximum absolute atomic E-state index is 11.6. The van der Waals surface area contributed by atoms with Gasteiger partial charge in [-0.05, 0) is 25.3 Å². The number of aliphatic carboxylic acids is 1. The van der Waals surface area contributed by atoms with Gasteiger partial charge in [0, 0.05) is 12.8 Å². The summed E-state index contributed by atoms with van der Waals surface area (Å²) >= 11 is 0. The zero-order valence-corrected chi connectivity index (χ0v) is 13.4. The second-order valence-corrected chi connectivity index (χ2v) is 5.23. The second kappa shape index (κ2) is 14.3. The van der Waals surface area contributed by atoms with E-state index in [1.165, 1.54) is 0 Å². The van der Waals surface area contributed by atoms with Gasteiger partial charge in [0.05, 0.1) is 6.10 Å². The highest BCUT2D eigenvalue weighted by Gasteiger charge is 1.98. The van der Waals surface area contributed by atoms with Crippen molar-refractivity contribution in [1.29, 1.82) is 0 Å². The Bertz CT molecular complexity index is 394. The molecule has 0 unspecified atom stereocenters. The van der Waals surface area contributed by atoms with E-state index in [9.17, 15) is 14.7 Å². The van der Waals surface area contributed by atoms with Gasteiger partial charge in [0.2, 0.25) is 0 Å². The van der Waals surface area contributed by atoms with E-state index in [0.717, 1.165) is 25.7 Å². The van der Waals surface area contributed by atoms with Crippen molar-refractivity contribution >= 4 is 11.8 Å². The van der Waals surface area contributed by atoms with E-state index in [1.807, 2.05) is 6.92 Å². The number of aliphatic hydroxyl groups excluding tert-OH is 1. The van der Waals surface area contributed by atoms with Gasteiger partial charge in [-0.1, -0.05) is 56.6 Å². The Balaban J connectivity index is 3.60. The number of carbonyl (C=O) groups is 2. The normalized spacial score (nSPS) is 13.4. The second-order valence-electron chi connectivity index (χ2n) is 5.23. The van der Waals surface area contributed by atoms with Crippen molar-refractivity contribution in [2.45, 2.75) is 64.4 Å². The predicted octanol–water partition coefficient (Wildman–Crippen LogP) is 3.81. The molecule has 22 heavy (non-hydrogen) atoms. The van der Waals surface area contributed by atoms with Crippen LogP contribution < -0.4 is 0 Å². The fourth-order valence-corrected chi connectivity index (χ4v) is 1.81. The number of hydrogen-bond acceptors (Lipinski definition) is 3. The molecule has 0 aromatic heterocycles. The summed E-state index contributed by atoms with van der Waals surface area (Å²) in [5.41, 5.74) is 0. The lowest BCUT2D eigenvalue weighted by Crippen LogP contribution is -1.97. The monoisotopic (exact) mass is 308 g/mol. The van der Waals surface area contributed by atoms with Gasteiger partial charge in [0.25, 0.3) is 0 Å². The Morgan fingerprint density at radius 1 is 0.909 bits per heavy atom. The van der Waals surface area contributed by atoms with Crippen molar-refractivity contribution in [3.05, 3.63) is 36.5 Å². The van der Waals surface area contributed by atoms with E-state index in [0.29, 0.717) is 19.3 Å². The number of carbonyl (C=O) groups excluding carboxylic acids is 1. The number of carboxylic acid groups (broad SMARTS) is 1. The first kappa shape index (κ1) is 20.3. The Morgan fingerprint density at radius 3 is 2.14 bits per heavy atom. The molecule has 0 radical (unpaired) electrons. The summed E-state index contributed by atoms with van der Waals surface area (Å²) in [5.74, 6) is -0.639. The molecule has 0 spiro atoms. The van der Waals surface area contributed by atoms with Crippen molar-refractivity contribution < 1.29 is 19.8 Å². The van der Waals surface area contributed by atoms with Crippen molar-refractivity contribution in [2.75, 3.05) is 0 Å². The van der Waals surface area contributed by atoms with Crippen LogP contribution in [0, 0.1) is 0 Å². The van der Waals surface area contributed by atoms with Gasteiger partial charge in [-0.15, -0.1) is 0 Å². The average molecular weight is 308 g/mol. The Hall–Kier alpha value is -1.68. The van der Waals surface area contributed by atoms with E-state index in [2.05, 4.69) is 0 Å². The molecule has 0 aromatic carbocycles. The molecule has 2 N–H and O–H groups in total. The van der Waals surface area contributed by atoms with E-state index < -0.39 is 12.1 Å². The third-order valence-corrected chi connectivity index (χ3v) is 3.18. The van der Waals surface area contributed by atoms with Gasteiger partial charge in [-0.3, -0.25) is 9.59 Å². The third-order valence-electron chi connectivity index (χ3n) is 3.18. The Kier molecular flexibility index (Phi) is 13.2. The molecule has 0 amide bonds. The first-order chi connectivity index (χ1) is 10.6. The van der Waals surface area contributed by atoms with Crippen molar-refractivity contribution in [2.24, 2.45) is 0 Å². The SMILES string of the molecule is CC[C@@H](O)C=CC=CC=CC(=O)CCCCCCCC(=O)O. The Labute approximate surface area is 133 Å². The van der Waals surface area contributed by atoms with Crippen molar-refractivity contribution in [3.63, 3.8) is 0 Å². The molecule has 4 nitrogen and oxygen atoms in total. The van der Waals surface area contributed by atoms with Crippen LogP contribution in [0.25, 0.3) is 0 Å². The molecular formula is C18H28O4. The zero-order valence-electron chi connectivity index (χ0n) is 13.4. The first-order valence-electron chi connectivity index (χ1n) is 8.00. The van der Waals surface area contributed by atoms with Gasteiger partial charge in [-0.25, -0.2) is 0 Å². The van der Waals surface area contributed by atoms with Crippen LogP contribution in [-0.2, 0) is 9.59 Å². The maximum atomic E-state index is 11.6. The molecular weight excluding hydrogens is 280 g/mol. The van der Waals surface area contributed by atoms with Crippen LogP contribution in [0.2, 0.25) is 0 Å². The molecule has 0 fully saturated rings. The van der Waals surface area contributed by atoms with E-state index in [4.69, 9.17) is 5.11 Å². The number of rotatable bonds is 13. The lowest BCUT2D eigenvalue weighted by molar-refractivity contribution is -0.137. The highest BCUT2D eigenvalue weighted by atomic mass is 16.4. The quantitative estimate of drug-likeness (QED) is 0.308. The third kappa shape index (κ3) is 14.7. The minimum Gasteiger partial charge on any atom is -0.481 e. The molecule has 4 heteroatoms. The van der Waals surface area contributed by atoms with E-state index >= 15 is 0 Å². The van der Waals surface area contributed by atoms with Crippen LogP contribution in [0.1, 0.15) is 58.3 Å². The molecule has 1 atom stereocenters. The van der Waals surface area contributed by atoms with Gasteiger partial charge < -0.3 is 10.2 Å². The molecule has 0 aliphatic rings. The summed E-state index contributed by atoms with van der Waals surface area (Å²) in [6.07, 6.45) is 15.8. The molecule has 0 rings (SSSR count). The minimum absolute atomic E-state index is 0.104.